The van der Waals surface area contributed by atoms with E-state index >= 15 is 0 Å². The molecule has 0 aromatic heterocycles. The predicted octanol–water partition coefficient (Wildman–Crippen LogP) is 1.07. The number of hydrogen-bond acceptors (Lipinski definition) is 4. The zero-order valence-electron chi connectivity index (χ0n) is 11.4. The van der Waals surface area contributed by atoms with E-state index in [0.717, 1.165) is 45.5 Å². The quantitative estimate of drug-likeness (QED) is 0.775. The Morgan fingerprint density at radius 1 is 1.28 bits per heavy atom. The minimum atomic E-state index is -0.154. The highest BCUT2D eigenvalue weighted by molar-refractivity contribution is 5.04. The maximum absolute atomic E-state index is 9.80. The van der Waals surface area contributed by atoms with Crippen LogP contribution in [0.15, 0.2) is 0 Å². The van der Waals surface area contributed by atoms with E-state index in [-0.39, 0.29) is 17.1 Å². The molecule has 0 aromatic carbocycles. The number of hydrogen-bond donors (Lipinski definition) is 2. The van der Waals surface area contributed by atoms with Crippen molar-refractivity contribution in [1.29, 1.82) is 0 Å². The first-order valence-corrected chi connectivity index (χ1v) is 7.18. The number of aliphatic hydroxyl groups excluding tert-OH is 1. The van der Waals surface area contributed by atoms with Crippen molar-refractivity contribution in [3.63, 3.8) is 0 Å². The van der Waals surface area contributed by atoms with Gasteiger partial charge in [-0.1, -0.05) is 13.8 Å². The second kappa shape index (κ2) is 4.44. The molecule has 4 atom stereocenters. The van der Waals surface area contributed by atoms with Gasteiger partial charge in [0.1, 0.15) is 0 Å². The van der Waals surface area contributed by atoms with E-state index in [1.54, 1.807) is 0 Å². The smallest absolute Gasteiger partial charge is 0.0951 e. The molecule has 4 nitrogen and oxygen atoms in total. The standard InChI is InChI=1S/C14H25NO3/c1-13(2)11(7-12(13)16)15-10-3-5-18-14(8-10)4-6-17-9-14/h10-12,15-16H,3-9H2,1-2H3. The van der Waals surface area contributed by atoms with Crippen molar-refractivity contribution in [2.24, 2.45) is 5.41 Å². The minimum Gasteiger partial charge on any atom is -0.392 e. The zero-order chi connectivity index (χ0) is 12.8. The summed E-state index contributed by atoms with van der Waals surface area (Å²) in [6, 6.07) is 0.951. The third kappa shape index (κ3) is 2.09. The van der Waals surface area contributed by atoms with Crippen LogP contribution in [0.2, 0.25) is 0 Å². The van der Waals surface area contributed by atoms with Gasteiger partial charge in [0.2, 0.25) is 0 Å². The van der Waals surface area contributed by atoms with E-state index in [0.29, 0.717) is 12.1 Å². The Morgan fingerprint density at radius 3 is 2.72 bits per heavy atom. The molecule has 2 saturated heterocycles. The van der Waals surface area contributed by atoms with Crippen LogP contribution < -0.4 is 5.32 Å². The van der Waals surface area contributed by atoms with E-state index in [1.807, 2.05) is 0 Å². The second-order valence-electron chi connectivity index (χ2n) is 6.82. The Labute approximate surface area is 109 Å². The largest absolute Gasteiger partial charge is 0.392 e. The Hall–Kier alpha value is -0.160. The van der Waals surface area contributed by atoms with Crippen LogP contribution in [-0.4, -0.2) is 48.7 Å². The molecule has 0 bridgehead atoms. The van der Waals surface area contributed by atoms with Crippen molar-refractivity contribution in [3.8, 4) is 0 Å². The molecule has 1 saturated carbocycles. The summed E-state index contributed by atoms with van der Waals surface area (Å²) in [4.78, 5) is 0. The average Bonchev–Trinajstić information content (AvgIpc) is 2.77. The van der Waals surface area contributed by atoms with Gasteiger partial charge in [0.25, 0.3) is 0 Å². The van der Waals surface area contributed by atoms with Gasteiger partial charge in [-0.3, -0.25) is 0 Å². The Bertz CT molecular complexity index is 312. The Kier molecular flexibility index (Phi) is 3.17. The summed E-state index contributed by atoms with van der Waals surface area (Å²) in [6.07, 6.45) is 3.88. The van der Waals surface area contributed by atoms with Crippen LogP contribution in [0.1, 0.15) is 39.5 Å². The van der Waals surface area contributed by atoms with Crippen LogP contribution in [0.4, 0.5) is 0 Å². The first-order valence-electron chi connectivity index (χ1n) is 7.18. The molecule has 2 N–H and O–H groups in total. The van der Waals surface area contributed by atoms with Crippen LogP contribution in [-0.2, 0) is 9.47 Å². The molecule has 4 heteroatoms. The van der Waals surface area contributed by atoms with Gasteiger partial charge >= 0.3 is 0 Å². The van der Waals surface area contributed by atoms with Crippen molar-refractivity contribution in [2.45, 2.75) is 63.3 Å². The number of rotatable bonds is 2. The van der Waals surface area contributed by atoms with Crippen LogP contribution in [0.3, 0.4) is 0 Å². The van der Waals surface area contributed by atoms with Gasteiger partial charge < -0.3 is 19.9 Å². The molecule has 3 fully saturated rings. The molecule has 18 heavy (non-hydrogen) atoms. The van der Waals surface area contributed by atoms with Crippen LogP contribution in [0.5, 0.6) is 0 Å². The first-order chi connectivity index (χ1) is 8.52. The predicted molar refractivity (Wildman–Crippen MR) is 68.5 cm³/mol. The van der Waals surface area contributed by atoms with Crippen LogP contribution >= 0.6 is 0 Å². The molecular formula is C14H25NO3. The fraction of sp³-hybridized carbons (Fsp3) is 1.00. The third-order valence-corrected chi connectivity index (χ3v) is 5.21. The molecule has 2 aliphatic heterocycles. The maximum Gasteiger partial charge on any atom is 0.0951 e. The molecular weight excluding hydrogens is 230 g/mol. The lowest BCUT2D eigenvalue weighted by Crippen LogP contribution is -2.63. The molecule has 1 spiro atoms. The highest BCUT2D eigenvalue weighted by atomic mass is 16.6. The molecule has 3 rings (SSSR count). The Morgan fingerprint density at radius 2 is 2.11 bits per heavy atom. The monoisotopic (exact) mass is 255 g/mol. The lowest BCUT2D eigenvalue weighted by atomic mass is 9.64. The van der Waals surface area contributed by atoms with Crippen molar-refractivity contribution in [3.05, 3.63) is 0 Å². The van der Waals surface area contributed by atoms with Crippen molar-refractivity contribution in [1.82, 2.24) is 5.32 Å². The molecule has 2 heterocycles. The molecule has 104 valence electrons. The van der Waals surface area contributed by atoms with Crippen LogP contribution in [0.25, 0.3) is 0 Å². The maximum atomic E-state index is 9.80. The lowest BCUT2D eigenvalue weighted by Gasteiger charge is -2.52. The molecule has 0 aromatic rings. The number of ether oxygens (including phenoxy) is 2. The SMILES string of the molecule is CC1(C)C(O)CC1NC1CCOC2(CCOC2)C1. The van der Waals surface area contributed by atoms with Gasteiger partial charge in [-0.25, -0.2) is 0 Å². The molecule has 3 aliphatic rings. The molecule has 4 unspecified atom stereocenters. The van der Waals surface area contributed by atoms with Gasteiger partial charge in [-0.15, -0.1) is 0 Å². The van der Waals surface area contributed by atoms with Crippen LogP contribution in [0, 0.1) is 5.41 Å². The number of aliphatic hydroxyl groups is 1. The highest BCUT2D eigenvalue weighted by Crippen LogP contribution is 2.42. The minimum absolute atomic E-state index is 0.0116. The zero-order valence-corrected chi connectivity index (χ0v) is 11.4. The fourth-order valence-corrected chi connectivity index (χ4v) is 3.50. The Balaban J connectivity index is 1.57. The summed E-state index contributed by atoms with van der Waals surface area (Å²) in [5.74, 6) is 0. The molecule has 0 amide bonds. The van der Waals surface area contributed by atoms with E-state index in [1.165, 1.54) is 0 Å². The van der Waals surface area contributed by atoms with Gasteiger partial charge in [0.05, 0.1) is 18.3 Å². The summed E-state index contributed by atoms with van der Waals surface area (Å²) in [7, 11) is 0. The van der Waals surface area contributed by atoms with E-state index in [2.05, 4.69) is 19.2 Å². The van der Waals surface area contributed by atoms with Gasteiger partial charge in [0, 0.05) is 37.1 Å². The topological polar surface area (TPSA) is 50.7 Å². The van der Waals surface area contributed by atoms with Gasteiger partial charge in [-0.05, 0) is 19.3 Å². The van der Waals surface area contributed by atoms with Crippen molar-refractivity contribution in [2.75, 3.05) is 19.8 Å². The third-order valence-electron chi connectivity index (χ3n) is 5.21. The highest BCUT2D eigenvalue weighted by Gasteiger charge is 2.49. The first kappa shape index (κ1) is 12.9. The van der Waals surface area contributed by atoms with E-state index in [9.17, 15) is 5.11 Å². The number of nitrogens with one attached hydrogen (secondary N) is 1. The molecule has 0 radical (unpaired) electrons. The van der Waals surface area contributed by atoms with Crippen molar-refractivity contribution >= 4 is 0 Å². The van der Waals surface area contributed by atoms with Gasteiger partial charge in [0.15, 0.2) is 0 Å². The van der Waals surface area contributed by atoms with E-state index < -0.39 is 0 Å². The second-order valence-corrected chi connectivity index (χ2v) is 6.82. The van der Waals surface area contributed by atoms with Crippen molar-refractivity contribution < 1.29 is 14.6 Å². The summed E-state index contributed by atoms with van der Waals surface area (Å²) >= 11 is 0. The fourth-order valence-electron chi connectivity index (χ4n) is 3.50. The average molecular weight is 255 g/mol. The summed E-state index contributed by atoms with van der Waals surface area (Å²) in [5.41, 5.74) is -0.0138. The lowest BCUT2D eigenvalue weighted by molar-refractivity contribution is -0.109. The summed E-state index contributed by atoms with van der Waals surface area (Å²) in [5, 5.41) is 13.5. The van der Waals surface area contributed by atoms with E-state index in [4.69, 9.17) is 9.47 Å². The molecule has 1 aliphatic carbocycles. The van der Waals surface area contributed by atoms with Gasteiger partial charge in [-0.2, -0.15) is 0 Å². The normalized spacial score (nSPS) is 47.2. The summed E-state index contributed by atoms with van der Waals surface area (Å²) in [6.45, 7) is 6.71. The summed E-state index contributed by atoms with van der Waals surface area (Å²) < 4.78 is 11.4.